The van der Waals surface area contributed by atoms with Crippen molar-refractivity contribution in [3.8, 4) is 11.3 Å². The van der Waals surface area contributed by atoms with Gasteiger partial charge in [0.2, 0.25) is 5.91 Å². The van der Waals surface area contributed by atoms with E-state index in [1.54, 1.807) is 10.9 Å². The van der Waals surface area contributed by atoms with Crippen LogP contribution in [0.25, 0.3) is 11.3 Å². The highest BCUT2D eigenvalue weighted by Gasteiger charge is 2.39. The minimum absolute atomic E-state index is 0. The molecule has 7 rings (SSSR count). The van der Waals surface area contributed by atoms with Crippen LogP contribution in [0.2, 0.25) is 0 Å². The quantitative estimate of drug-likeness (QED) is 0.149. The summed E-state index contributed by atoms with van der Waals surface area (Å²) in [7, 11) is 0. The highest BCUT2D eigenvalue weighted by atomic mass is 35.5. The third kappa shape index (κ3) is 9.96. The number of piperazine rings is 2. The maximum absolute atomic E-state index is 15.0. The van der Waals surface area contributed by atoms with Crippen LogP contribution in [0.5, 0.6) is 0 Å². The molecule has 13 heteroatoms. The first-order chi connectivity index (χ1) is 26.5. The molecule has 0 unspecified atom stereocenters. The number of rotatable bonds is 12. The molecule has 3 N–H and O–H groups in total. The zero-order valence-electron chi connectivity index (χ0n) is 31.2. The Hall–Kier alpha value is -5.20. The molecule has 294 valence electrons. The number of carbonyl (C=O) groups excluding carboxylic acids is 2. The van der Waals surface area contributed by atoms with E-state index in [0.29, 0.717) is 57.8 Å². The normalized spacial score (nSPS) is 17.2. The molecule has 56 heavy (non-hydrogen) atoms. The van der Waals surface area contributed by atoms with Crippen LogP contribution in [-0.4, -0.2) is 105 Å². The van der Waals surface area contributed by atoms with Gasteiger partial charge in [-0.15, -0.1) is 24.8 Å². The minimum Gasteiger partial charge on any atom is -0.465 e. The Morgan fingerprint density at radius 2 is 1.18 bits per heavy atom. The van der Waals surface area contributed by atoms with Gasteiger partial charge in [-0.05, 0) is 29.5 Å². The molecule has 0 bridgehead atoms. The first kappa shape index (κ1) is 42.0. The first-order valence-electron chi connectivity index (χ1n) is 18.7. The fourth-order valence-electron chi connectivity index (χ4n) is 7.71. The molecule has 4 aromatic carbocycles. The van der Waals surface area contributed by atoms with E-state index in [2.05, 4.69) is 22.8 Å². The summed E-state index contributed by atoms with van der Waals surface area (Å²) in [4.78, 5) is 52.5. The number of hydrogen-bond donors (Lipinski definition) is 3. The van der Waals surface area contributed by atoms with E-state index in [1.807, 2.05) is 119 Å². The highest BCUT2D eigenvalue weighted by molar-refractivity contribution is 5.98. The number of nitrogens with one attached hydrogen (secondary N) is 2. The summed E-state index contributed by atoms with van der Waals surface area (Å²) in [5.41, 5.74) is 4.61. The van der Waals surface area contributed by atoms with Gasteiger partial charge in [-0.2, -0.15) is 0 Å². The predicted octanol–water partition coefficient (Wildman–Crippen LogP) is 5.64. The van der Waals surface area contributed by atoms with E-state index in [4.69, 9.17) is 4.98 Å². The standard InChI is InChI=1S/C43H47N7O4.2ClH/c51-41(48-23-21-44-27-36(48)25-32-13-5-1-6-14-32)38(50(43(53)54)29-34-17-9-3-10-18-34)30-47-31-46-39(40(47)35-19-11-4-12-20-35)42(52)49-24-22-45-28-37(49)26-33-15-7-2-8-16-33;;/h1-20,31,36-38,44-45H,21-30H2,(H,53,54);2*1H/t36-,37-,38-;;/m1../s1. The van der Waals surface area contributed by atoms with Crippen molar-refractivity contribution >= 4 is 42.7 Å². The molecule has 11 nitrogen and oxygen atoms in total. The molecule has 2 aliphatic rings. The Balaban J connectivity index is 0.00000300. The molecule has 0 aliphatic carbocycles. The number of aromatic nitrogens is 2. The summed E-state index contributed by atoms with van der Waals surface area (Å²) in [6.45, 7) is 3.46. The Morgan fingerprint density at radius 3 is 1.71 bits per heavy atom. The van der Waals surface area contributed by atoms with Gasteiger partial charge >= 0.3 is 6.09 Å². The molecule has 1 aromatic heterocycles. The first-order valence-corrected chi connectivity index (χ1v) is 18.7. The topological polar surface area (TPSA) is 123 Å². The van der Waals surface area contributed by atoms with Crippen LogP contribution in [0.3, 0.4) is 0 Å². The van der Waals surface area contributed by atoms with Gasteiger partial charge in [0.1, 0.15) is 6.04 Å². The molecule has 3 amide bonds. The zero-order valence-corrected chi connectivity index (χ0v) is 32.8. The van der Waals surface area contributed by atoms with Gasteiger partial charge in [-0.1, -0.05) is 121 Å². The molecule has 2 aliphatic heterocycles. The lowest BCUT2D eigenvalue weighted by Crippen LogP contribution is -2.60. The van der Waals surface area contributed by atoms with E-state index < -0.39 is 12.1 Å². The summed E-state index contributed by atoms with van der Waals surface area (Å²) >= 11 is 0. The van der Waals surface area contributed by atoms with Gasteiger partial charge in [0.05, 0.1) is 18.6 Å². The second-order valence-electron chi connectivity index (χ2n) is 14.0. The smallest absolute Gasteiger partial charge is 0.408 e. The Kier molecular flexibility index (Phi) is 15.1. The molecular weight excluding hydrogens is 749 g/mol. The van der Waals surface area contributed by atoms with Gasteiger partial charge in [0.15, 0.2) is 5.69 Å². The van der Waals surface area contributed by atoms with E-state index in [1.165, 1.54) is 4.90 Å². The van der Waals surface area contributed by atoms with E-state index in [-0.39, 0.29) is 67.5 Å². The van der Waals surface area contributed by atoms with Gasteiger partial charge in [-0.25, -0.2) is 9.78 Å². The molecule has 0 saturated carbocycles. The lowest BCUT2D eigenvalue weighted by atomic mass is 10.0. The number of carbonyl (C=O) groups is 3. The molecule has 2 saturated heterocycles. The SMILES string of the molecule is Cl.Cl.O=C(c1ncn(C[C@H](C(=O)N2CCNC[C@H]2Cc2ccccc2)N(Cc2ccccc2)C(=O)O)c1-c1ccccc1)N1CCNC[C@H]1Cc1ccccc1. The number of halogens is 2. The largest absolute Gasteiger partial charge is 0.465 e. The van der Waals surface area contributed by atoms with E-state index in [0.717, 1.165) is 22.3 Å². The van der Waals surface area contributed by atoms with Crippen LogP contribution in [-0.2, 0) is 30.7 Å². The predicted molar refractivity (Wildman–Crippen MR) is 222 cm³/mol. The summed E-state index contributed by atoms with van der Waals surface area (Å²) in [5, 5.41) is 17.7. The number of hydrogen-bond acceptors (Lipinski definition) is 6. The minimum atomic E-state index is -1.20. The van der Waals surface area contributed by atoms with Crippen LogP contribution >= 0.6 is 24.8 Å². The Morgan fingerprint density at radius 1 is 0.696 bits per heavy atom. The molecule has 3 heterocycles. The monoisotopic (exact) mass is 797 g/mol. The summed E-state index contributed by atoms with van der Waals surface area (Å²) in [6, 6.07) is 37.7. The zero-order chi connectivity index (χ0) is 37.3. The van der Waals surface area contributed by atoms with Crippen molar-refractivity contribution in [3.63, 3.8) is 0 Å². The average molecular weight is 799 g/mol. The maximum atomic E-state index is 15.0. The van der Waals surface area contributed by atoms with Crippen molar-refractivity contribution in [1.82, 2.24) is 34.9 Å². The van der Waals surface area contributed by atoms with Crippen molar-refractivity contribution in [2.75, 3.05) is 39.3 Å². The molecule has 0 spiro atoms. The molecular formula is C43H49Cl2N7O4. The highest BCUT2D eigenvalue weighted by Crippen LogP contribution is 2.28. The summed E-state index contributed by atoms with van der Waals surface area (Å²) in [6.07, 6.45) is 1.71. The molecule has 3 atom stereocenters. The molecule has 2 fully saturated rings. The van der Waals surface area contributed by atoms with Gasteiger partial charge in [-0.3, -0.25) is 14.5 Å². The van der Waals surface area contributed by atoms with Crippen LogP contribution in [0.4, 0.5) is 4.79 Å². The maximum Gasteiger partial charge on any atom is 0.408 e. The fraction of sp³-hybridized carbons (Fsp3) is 0.302. The van der Waals surface area contributed by atoms with Crippen LogP contribution in [0.15, 0.2) is 128 Å². The van der Waals surface area contributed by atoms with Crippen molar-refractivity contribution in [3.05, 3.63) is 150 Å². The van der Waals surface area contributed by atoms with Crippen LogP contribution in [0.1, 0.15) is 27.2 Å². The van der Waals surface area contributed by atoms with Crippen molar-refractivity contribution < 1.29 is 19.5 Å². The van der Waals surface area contributed by atoms with Gasteiger partial charge in [0.25, 0.3) is 5.91 Å². The third-order valence-electron chi connectivity index (χ3n) is 10.4. The number of nitrogens with zero attached hydrogens (tertiary/aromatic N) is 5. The number of carboxylic acid groups (broad SMARTS) is 1. The van der Waals surface area contributed by atoms with E-state index in [9.17, 15) is 19.5 Å². The lowest BCUT2D eigenvalue weighted by molar-refractivity contribution is -0.140. The van der Waals surface area contributed by atoms with Gasteiger partial charge < -0.3 is 30.1 Å². The van der Waals surface area contributed by atoms with Crippen molar-refractivity contribution in [2.45, 2.75) is 44.1 Å². The summed E-state index contributed by atoms with van der Waals surface area (Å²) < 4.78 is 1.80. The lowest BCUT2D eigenvalue weighted by Gasteiger charge is -2.40. The molecule has 0 radical (unpaired) electrons. The second-order valence-corrected chi connectivity index (χ2v) is 14.0. The number of imidazole rings is 1. The second kappa shape index (κ2) is 20.1. The summed E-state index contributed by atoms with van der Waals surface area (Å²) in [5.74, 6) is -0.469. The van der Waals surface area contributed by atoms with Crippen LogP contribution < -0.4 is 10.6 Å². The fourth-order valence-corrected chi connectivity index (χ4v) is 7.71. The number of benzene rings is 4. The van der Waals surface area contributed by atoms with Crippen molar-refractivity contribution in [1.29, 1.82) is 0 Å². The van der Waals surface area contributed by atoms with Crippen molar-refractivity contribution in [2.24, 2.45) is 0 Å². The van der Waals surface area contributed by atoms with Crippen LogP contribution in [0, 0.1) is 0 Å². The van der Waals surface area contributed by atoms with Gasteiger partial charge in [0, 0.05) is 63.5 Å². The average Bonchev–Trinajstić information content (AvgIpc) is 3.64. The third-order valence-corrected chi connectivity index (χ3v) is 10.4. The Bertz CT molecular complexity index is 2000. The van der Waals surface area contributed by atoms with E-state index >= 15 is 0 Å². The Labute approximate surface area is 340 Å². The number of amides is 3. The molecule has 5 aromatic rings.